The second kappa shape index (κ2) is 3.88. The molecule has 0 radical (unpaired) electrons. The van der Waals surface area contributed by atoms with Crippen molar-refractivity contribution in [1.82, 2.24) is 4.98 Å². The van der Waals surface area contributed by atoms with Crippen molar-refractivity contribution in [3.8, 4) is 0 Å². The molecule has 1 aromatic heterocycles. The lowest BCUT2D eigenvalue weighted by molar-refractivity contribution is -0.384. The number of halogens is 1. The molecule has 1 aliphatic heterocycles. The summed E-state index contributed by atoms with van der Waals surface area (Å²) in [6, 6.07) is 2.73. The van der Waals surface area contributed by atoms with Crippen LogP contribution in [0, 0.1) is 10.1 Å². The van der Waals surface area contributed by atoms with Gasteiger partial charge < -0.3 is 10.1 Å². The highest BCUT2D eigenvalue weighted by Crippen LogP contribution is 2.29. The number of pyridine rings is 1. The van der Waals surface area contributed by atoms with Crippen LogP contribution in [0.4, 0.5) is 11.5 Å². The number of anilines is 1. The Labute approximate surface area is 96.7 Å². The Morgan fingerprint density at radius 2 is 2.31 bits per heavy atom. The third kappa shape index (κ3) is 2.07. The Morgan fingerprint density at radius 3 is 2.81 bits per heavy atom. The van der Waals surface area contributed by atoms with Gasteiger partial charge in [-0.15, -0.1) is 0 Å². The molecule has 2 rings (SSSR count). The smallest absolute Gasteiger partial charge is 0.311 e. The van der Waals surface area contributed by atoms with Gasteiger partial charge in [0.05, 0.1) is 23.7 Å². The lowest BCUT2D eigenvalue weighted by Crippen LogP contribution is -2.53. The number of ether oxygens (including phenoxy) is 1. The predicted octanol–water partition coefficient (Wildman–Crippen LogP) is 1.84. The Morgan fingerprint density at radius 1 is 1.62 bits per heavy atom. The van der Waals surface area contributed by atoms with Crippen LogP contribution in [0.25, 0.3) is 0 Å². The van der Waals surface area contributed by atoms with Gasteiger partial charge in [0.2, 0.25) is 5.82 Å². The molecule has 1 aromatic rings. The highest BCUT2D eigenvalue weighted by molar-refractivity contribution is 6.29. The average molecular weight is 244 g/mol. The van der Waals surface area contributed by atoms with Crippen molar-refractivity contribution in [2.45, 2.75) is 12.5 Å². The maximum absolute atomic E-state index is 10.8. The van der Waals surface area contributed by atoms with Gasteiger partial charge in [-0.1, -0.05) is 11.6 Å². The van der Waals surface area contributed by atoms with Crippen LogP contribution in [0.15, 0.2) is 12.1 Å². The minimum Gasteiger partial charge on any atom is -0.376 e. The van der Waals surface area contributed by atoms with Crippen LogP contribution in [0.5, 0.6) is 0 Å². The number of rotatable bonds is 3. The van der Waals surface area contributed by atoms with Gasteiger partial charge >= 0.3 is 5.69 Å². The van der Waals surface area contributed by atoms with E-state index in [-0.39, 0.29) is 22.2 Å². The van der Waals surface area contributed by atoms with Crippen LogP contribution in [0.1, 0.15) is 6.92 Å². The molecular weight excluding hydrogens is 234 g/mol. The van der Waals surface area contributed by atoms with Gasteiger partial charge in [0.15, 0.2) is 0 Å². The fourth-order valence-electron chi connectivity index (χ4n) is 1.43. The van der Waals surface area contributed by atoms with E-state index < -0.39 is 4.92 Å². The van der Waals surface area contributed by atoms with Crippen molar-refractivity contribution in [2.75, 3.05) is 18.5 Å². The van der Waals surface area contributed by atoms with Gasteiger partial charge in [0.25, 0.3) is 0 Å². The number of nitro groups is 1. The lowest BCUT2D eigenvalue weighted by Gasteiger charge is -2.38. The molecule has 0 aliphatic carbocycles. The molecule has 1 saturated heterocycles. The van der Waals surface area contributed by atoms with Gasteiger partial charge in [0, 0.05) is 6.07 Å². The van der Waals surface area contributed by atoms with E-state index in [1.807, 2.05) is 6.92 Å². The molecule has 7 heteroatoms. The van der Waals surface area contributed by atoms with Crippen LogP contribution in [-0.2, 0) is 4.74 Å². The number of aromatic nitrogens is 1. The van der Waals surface area contributed by atoms with E-state index in [1.165, 1.54) is 12.1 Å². The second-order valence-corrected chi connectivity index (χ2v) is 4.32. The molecule has 1 fully saturated rings. The Kier molecular flexibility index (Phi) is 2.69. The van der Waals surface area contributed by atoms with E-state index in [0.29, 0.717) is 13.2 Å². The van der Waals surface area contributed by atoms with Crippen LogP contribution in [0.3, 0.4) is 0 Å². The van der Waals surface area contributed by atoms with E-state index in [0.717, 1.165) is 0 Å². The number of hydrogen-bond acceptors (Lipinski definition) is 5. The number of nitrogens with one attached hydrogen (secondary N) is 1. The quantitative estimate of drug-likeness (QED) is 0.498. The van der Waals surface area contributed by atoms with Gasteiger partial charge in [0.1, 0.15) is 5.15 Å². The van der Waals surface area contributed by atoms with Crippen molar-refractivity contribution in [2.24, 2.45) is 0 Å². The first kappa shape index (κ1) is 11.1. The van der Waals surface area contributed by atoms with Crippen LogP contribution in [-0.4, -0.2) is 28.7 Å². The molecule has 86 valence electrons. The minimum atomic E-state index is -0.492. The predicted molar refractivity (Wildman–Crippen MR) is 58.7 cm³/mol. The largest absolute Gasteiger partial charge is 0.376 e. The molecule has 0 saturated carbocycles. The molecule has 0 bridgehead atoms. The van der Waals surface area contributed by atoms with Gasteiger partial charge in [-0.05, 0) is 13.0 Å². The van der Waals surface area contributed by atoms with E-state index in [9.17, 15) is 10.1 Å². The molecule has 6 nitrogen and oxygen atoms in total. The third-order valence-corrected chi connectivity index (χ3v) is 2.51. The van der Waals surface area contributed by atoms with Gasteiger partial charge in [-0.25, -0.2) is 4.98 Å². The second-order valence-electron chi connectivity index (χ2n) is 3.94. The standard InChI is InChI=1S/C9H10ClN3O3/c1-9(4-16-5-9)12-8-6(13(14)15)2-3-7(10)11-8/h2-3H,4-5H2,1H3,(H,11,12). The average Bonchev–Trinajstić information content (AvgIpc) is 2.15. The summed E-state index contributed by atoms with van der Waals surface area (Å²) in [7, 11) is 0. The van der Waals surface area contributed by atoms with Crippen molar-refractivity contribution >= 4 is 23.1 Å². The van der Waals surface area contributed by atoms with Crippen molar-refractivity contribution < 1.29 is 9.66 Å². The summed E-state index contributed by atoms with van der Waals surface area (Å²) in [6.07, 6.45) is 0. The zero-order valence-corrected chi connectivity index (χ0v) is 9.32. The zero-order chi connectivity index (χ0) is 11.8. The fourth-order valence-corrected chi connectivity index (χ4v) is 1.58. The third-order valence-electron chi connectivity index (χ3n) is 2.30. The molecule has 1 aliphatic rings. The first-order valence-corrected chi connectivity index (χ1v) is 5.05. The van der Waals surface area contributed by atoms with E-state index in [4.69, 9.17) is 16.3 Å². The summed E-state index contributed by atoms with van der Waals surface area (Å²) in [5, 5.41) is 14.0. The Bertz CT molecular complexity index is 434. The van der Waals surface area contributed by atoms with Gasteiger partial charge in [-0.3, -0.25) is 10.1 Å². The highest BCUT2D eigenvalue weighted by atomic mass is 35.5. The van der Waals surface area contributed by atoms with E-state index in [1.54, 1.807) is 0 Å². The first-order chi connectivity index (χ1) is 7.50. The van der Waals surface area contributed by atoms with Gasteiger partial charge in [-0.2, -0.15) is 0 Å². The summed E-state index contributed by atoms with van der Waals surface area (Å²) in [6.45, 7) is 2.90. The normalized spacial score (nSPS) is 17.6. The van der Waals surface area contributed by atoms with E-state index >= 15 is 0 Å². The van der Waals surface area contributed by atoms with Crippen molar-refractivity contribution in [1.29, 1.82) is 0 Å². The summed E-state index contributed by atoms with van der Waals surface area (Å²) >= 11 is 5.71. The Hall–Kier alpha value is -1.40. The molecule has 0 spiro atoms. The lowest BCUT2D eigenvalue weighted by atomic mass is 10.0. The molecule has 0 amide bonds. The number of hydrogen-bond donors (Lipinski definition) is 1. The van der Waals surface area contributed by atoms with Crippen molar-refractivity contribution in [3.05, 3.63) is 27.4 Å². The fraction of sp³-hybridized carbons (Fsp3) is 0.444. The zero-order valence-electron chi connectivity index (χ0n) is 8.57. The SMILES string of the molecule is CC1(Nc2nc(Cl)ccc2[N+](=O)[O-])COC1. The maximum atomic E-state index is 10.8. The maximum Gasteiger partial charge on any atom is 0.311 e. The highest BCUT2D eigenvalue weighted by Gasteiger charge is 2.35. The summed E-state index contributed by atoms with van der Waals surface area (Å²) in [4.78, 5) is 14.2. The Balaban J connectivity index is 2.30. The molecule has 16 heavy (non-hydrogen) atoms. The monoisotopic (exact) mass is 243 g/mol. The molecular formula is C9H10ClN3O3. The molecule has 0 atom stereocenters. The molecule has 2 heterocycles. The number of nitrogens with zero attached hydrogens (tertiary/aromatic N) is 2. The van der Waals surface area contributed by atoms with Crippen LogP contribution >= 0.6 is 11.6 Å². The van der Waals surface area contributed by atoms with Crippen LogP contribution in [0.2, 0.25) is 5.15 Å². The molecule has 1 N–H and O–H groups in total. The molecule has 0 unspecified atom stereocenters. The topological polar surface area (TPSA) is 77.3 Å². The minimum absolute atomic E-state index is 0.0856. The summed E-state index contributed by atoms with van der Waals surface area (Å²) in [5.74, 6) is 0.184. The van der Waals surface area contributed by atoms with Crippen LogP contribution < -0.4 is 5.32 Å². The molecule has 0 aromatic carbocycles. The summed E-state index contributed by atoms with van der Waals surface area (Å²) in [5.41, 5.74) is -0.389. The first-order valence-electron chi connectivity index (χ1n) is 4.67. The van der Waals surface area contributed by atoms with Crippen molar-refractivity contribution in [3.63, 3.8) is 0 Å². The van der Waals surface area contributed by atoms with E-state index in [2.05, 4.69) is 10.3 Å². The summed E-state index contributed by atoms with van der Waals surface area (Å²) < 4.78 is 5.05.